The van der Waals surface area contributed by atoms with Crippen LogP contribution in [0.3, 0.4) is 0 Å². The van der Waals surface area contributed by atoms with Gasteiger partial charge in [0, 0.05) is 13.1 Å². The van der Waals surface area contributed by atoms with E-state index < -0.39 is 0 Å². The van der Waals surface area contributed by atoms with Crippen molar-refractivity contribution in [2.75, 3.05) is 19.6 Å². The molecule has 1 heterocycles. The number of fused-ring (bicyclic) bond motifs is 1. The molecule has 88 valence electrons. The Balaban J connectivity index is 0.000000120. The van der Waals surface area contributed by atoms with Crippen molar-refractivity contribution in [1.82, 2.24) is 4.90 Å². The van der Waals surface area contributed by atoms with E-state index in [2.05, 4.69) is 11.8 Å². The lowest BCUT2D eigenvalue weighted by Gasteiger charge is -2.12. The third kappa shape index (κ3) is 2.89. The normalized spacial score (nSPS) is 26.9. The highest BCUT2D eigenvalue weighted by molar-refractivity contribution is 6.31. The second-order valence-corrected chi connectivity index (χ2v) is 4.97. The van der Waals surface area contributed by atoms with E-state index in [9.17, 15) is 0 Å². The number of phenols is 1. The van der Waals surface area contributed by atoms with Crippen molar-refractivity contribution in [2.45, 2.75) is 13.3 Å². The molecule has 1 aromatic rings. The molecule has 0 spiro atoms. The summed E-state index contributed by atoms with van der Waals surface area (Å²) in [5.41, 5.74) is 0. The van der Waals surface area contributed by atoms with Gasteiger partial charge in [0.2, 0.25) is 0 Å². The lowest BCUT2D eigenvalue weighted by molar-refractivity contribution is 0.322. The zero-order chi connectivity index (χ0) is 11.5. The van der Waals surface area contributed by atoms with Gasteiger partial charge in [-0.25, -0.2) is 0 Å². The number of aromatic hydroxyl groups is 1. The fourth-order valence-electron chi connectivity index (χ4n) is 2.21. The van der Waals surface area contributed by atoms with E-state index >= 15 is 0 Å². The van der Waals surface area contributed by atoms with Crippen LogP contribution >= 0.6 is 11.6 Å². The first-order valence-corrected chi connectivity index (χ1v) is 6.24. The van der Waals surface area contributed by atoms with Crippen LogP contribution in [-0.2, 0) is 0 Å². The molecule has 2 aliphatic rings. The molecule has 0 radical (unpaired) electrons. The molecule has 2 atom stereocenters. The average molecular weight is 240 g/mol. The van der Waals surface area contributed by atoms with Gasteiger partial charge in [-0.2, -0.15) is 0 Å². The molecule has 2 fully saturated rings. The van der Waals surface area contributed by atoms with Crippen molar-refractivity contribution < 1.29 is 5.11 Å². The van der Waals surface area contributed by atoms with Crippen molar-refractivity contribution in [2.24, 2.45) is 11.8 Å². The maximum absolute atomic E-state index is 8.79. The van der Waals surface area contributed by atoms with E-state index in [1.807, 2.05) is 0 Å². The van der Waals surface area contributed by atoms with Gasteiger partial charge in [0.05, 0.1) is 5.02 Å². The molecule has 1 aliphatic heterocycles. The minimum absolute atomic E-state index is 0.133. The number of nitrogens with zero attached hydrogens (tertiary/aromatic N) is 1. The molecule has 1 aromatic carbocycles. The van der Waals surface area contributed by atoms with Crippen LogP contribution in [0.25, 0.3) is 0 Å². The summed E-state index contributed by atoms with van der Waals surface area (Å²) in [6.45, 7) is 6.33. The number of halogens is 1. The summed E-state index contributed by atoms with van der Waals surface area (Å²) in [7, 11) is 0. The van der Waals surface area contributed by atoms with Crippen LogP contribution in [0.5, 0.6) is 5.75 Å². The summed E-state index contributed by atoms with van der Waals surface area (Å²) in [6.07, 6.45) is 1.54. The molecule has 2 nitrogen and oxygen atoms in total. The predicted octanol–water partition coefficient (Wildman–Crippen LogP) is 3.00. The summed E-state index contributed by atoms with van der Waals surface area (Å²) in [4.78, 5) is 2.55. The molecular formula is C13H18ClNO. The topological polar surface area (TPSA) is 23.5 Å². The van der Waals surface area contributed by atoms with Crippen molar-refractivity contribution >= 4 is 11.6 Å². The number of hydrogen-bond donors (Lipinski definition) is 1. The Kier molecular flexibility index (Phi) is 3.72. The monoisotopic (exact) mass is 239 g/mol. The first-order valence-electron chi connectivity index (χ1n) is 5.86. The second kappa shape index (κ2) is 5.07. The van der Waals surface area contributed by atoms with Crippen LogP contribution in [-0.4, -0.2) is 29.6 Å². The molecule has 1 aliphatic carbocycles. The maximum atomic E-state index is 8.79. The molecule has 0 bridgehead atoms. The summed E-state index contributed by atoms with van der Waals surface area (Å²) in [5, 5.41) is 9.18. The van der Waals surface area contributed by atoms with Gasteiger partial charge in [-0.05, 0) is 36.9 Å². The van der Waals surface area contributed by atoms with Crippen LogP contribution in [0.4, 0.5) is 0 Å². The van der Waals surface area contributed by atoms with Crippen LogP contribution in [0.15, 0.2) is 24.3 Å². The second-order valence-electron chi connectivity index (χ2n) is 4.56. The van der Waals surface area contributed by atoms with Crippen LogP contribution in [0.2, 0.25) is 5.02 Å². The van der Waals surface area contributed by atoms with Crippen molar-refractivity contribution in [3.05, 3.63) is 29.3 Å². The van der Waals surface area contributed by atoms with Gasteiger partial charge in [-0.3, -0.25) is 0 Å². The predicted molar refractivity (Wildman–Crippen MR) is 66.8 cm³/mol. The van der Waals surface area contributed by atoms with Gasteiger partial charge < -0.3 is 10.0 Å². The van der Waals surface area contributed by atoms with Gasteiger partial charge in [0.15, 0.2) is 0 Å². The number of phenolic OH excluding ortho intramolecular Hbond substituents is 1. The Morgan fingerprint density at radius 1 is 1.31 bits per heavy atom. The highest BCUT2D eigenvalue weighted by Gasteiger charge is 2.44. The molecule has 16 heavy (non-hydrogen) atoms. The van der Waals surface area contributed by atoms with Crippen molar-refractivity contribution in [3.63, 3.8) is 0 Å². The van der Waals surface area contributed by atoms with Crippen LogP contribution in [0, 0.1) is 11.8 Å². The number of hydrogen-bond acceptors (Lipinski definition) is 2. The van der Waals surface area contributed by atoms with Crippen molar-refractivity contribution in [1.29, 1.82) is 0 Å². The molecule has 0 amide bonds. The Morgan fingerprint density at radius 3 is 2.31 bits per heavy atom. The lowest BCUT2D eigenvalue weighted by atomic mass is 10.3. The van der Waals surface area contributed by atoms with Gasteiger partial charge in [0.25, 0.3) is 0 Å². The van der Waals surface area contributed by atoms with E-state index in [0.29, 0.717) is 5.02 Å². The molecule has 1 N–H and O–H groups in total. The van der Waals surface area contributed by atoms with Crippen LogP contribution in [0.1, 0.15) is 13.3 Å². The first-order chi connectivity index (χ1) is 7.70. The van der Waals surface area contributed by atoms with E-state index in [4.69, 9.17) is 16.7 Å². The molecule has 2 unspecified atom stereocenters. The number of benzene rings is 1. The average Bonchev–Trinajstić information content (AvgIpc) is 2.91. The van der Waals surface area contributed by atoms with E-state index in [1.54, 1.807) is 24.3 Å². The molecule has 3 heteroatoms. The minimum Gasteiger partial charge on any atom is -0.506 e. The highest BCUT2D eigenvalue weighted by atomic mass is 35.5. The van der Waals surface area contributed by atoms with E-state index in [-0.39, 0.29) is 5.75 Å². The van der Waals surface area contributed by atoms with Gasteiger partial charge >= 0.3 is 0 Å². The Labute approximate surface area is 102 Å². The first kappa shape index (κ1) is 11.7. The molecule has 1 saturated heterocycles. The summed E-state index contributed by atoms with van der Waals surface area (Å²) in [6, 6.07) is 6.67. The number of likely N-dealkylation sites (tertiary alicyclic amines) is 1. The SMILES string of the molecule is CCN1CC2CC2C1.Oc1ccccc1Cl. The van der Waals surface area contributed by atoms with Gasteiger partial charge in [-0.1, -0.05) is 30.7 Å². The van der Waals surface area contributed by atoms with Crippen molar-refractivity contribution in [3.8, 4) is 5.75 Å². The third-order valence-corrected chi connectivity index (χ3v) is 3.67. The Morgan fingerprint density at radius 2 is 1.94 bits per heavy atom. The number of rotatable bonds is 1. The number of piperidine rings is 1. The lowest BCUT2D eigenvalue weighted by Crippen LogP contribution is -2.21. The molecular weight excluding hydrogens is 222 g/mol. The minimum atomic E-state index is 0.133. The maximum Gasteiger partial charge on any atom is 0.134 e. The smallest absolute Gasteiger partial charge is 0.134 e. The zero-order valence-corrected chi connectivity index (χ0v) is 10.3. The fraction of sp³-hybridized carbons (Fsp3) is 0.538. The Hall–Kier alpha value is -0.730. The molecule has 0 aromatic heterocycles. The standard InChI is InChI=1S/C7H13N.C6H5ClO/c1-2-8-4-6-3-7(6)5-8;7-5-3-1-2-4-6(5)8/h6-7H,2-5H2,1H3;1-4,8H. The quantitative estimate of drug-likeness (QED) is 0.815. The largest absolute Gasteiger partial charge is 0.506 e. The highest BCUT2D eigenvalue weighted by Crippen LogP contribution is 2.44. The fourth-order valence-corrected chi connectivity index (χ4v) is 2.34. The van der Waals surface area contributed by atoms with Gasteiger partial charge in [0.1, 0.15) is 5.75 Å². The summed E-state index contributed by atoms with van der Waals surface area (Å²) < 4.78 is 0. The van der Waals surface area contributed by atoms with E-state index in [1.165, 1.54) is 26.1 Å². The molecule has 3 rings (SSSR count). The van der Waals surface area contributed by atoms with E-state index in [0.717, 1.165) is 11.8 Å². The summed E-state index contributed by atoms with van der Waals surface area (Å²) >= 11 is 5.46. The zero-order valence-electron chi connectivity index (χ0n) is 9.56. The van der Waals surface area contributed by atoms with Crippen LogP contribution < -0.4 is 0 Å². The third-order valence-electron chi connectivity index (χ3n) is 3.35. The molecule has 1 saturated carbocycles. The number of para-hydroxylation sites is 1. The van der Waals surface area contributed by atoms with Gasteiger partial charge in [-0.15, -0.1) is 0 Å². The Bertz CT molecular complexity index is 325. The summed E-state index contributed by atoms with van der Waals surface area (Å²) in [5.74, 6) is 2.37.